The largest absolute Gasteiger partial charge is 0.346 e. The number of carbonyl (C=O) groups excluding carboxylic acids is 1. The summed E-state index contributed by atoms with van der Waals surface area (Å²) in [7, 11) is 0. The van der Waals surface area contributed by atoms with E-state index in [4.69, 9.17) is 11.6 Å². The molecule has 1 aromatic heterocycles. The SMILES string of the molecule is O=C(Cl)c1ccc(Br)[nH]1. The summed E-state index contributed by atoms with van der Waals surface area (Å²) < 4.78 is 0.756. The van der Waals surface area contributed by atoms with Crippen molar-refractivity contribution in [2.45, 2.75) is 0 Å². The fourth-order valence-electron chi connectivity index (χ4n) is 0.483. The maximum Gasteiger partial charge on any atom is 0.268 e. The van der Waals surface area contributed by atoms with Crippen molar-refractivity contribution >= 4 is 32.8 Å². The average molecular weight is 208 g/mol. The lowest BCUT2D eigenvalue weighted by molar-refractivity contribution is 0.107. The zero-order valence-corrected chi connectivity index (χ0v) is 6.66. The molecule has 48 valence electrons. The Morgan fingerprint density at radius 3 is 2.56 bits per heavy atom. The van der Waals surface area contributed by atoms with Crippen LogP contribution in [0.5, 0.6) is 0 Å². The van der Waals surface area contributed by atoms with Gasteiger partial charge in [-0.2, -0.15) is 0 Å². The third kappa shape index (κ3) is 1.56. The molecule has 0 amide bonds. The van der Waals surface area contributed by atoms with E-state index in [-0.39, 0.29) is 0 Å². The fraction of sp³-hybridized carbons (Fsp3) is 0. The summed E-state index contributed by atoms with van der Waals surface area (Å²) in [6, 6.07) is 3.33. The third-order valence-corrected chi connectivity index (χ3v) is 1.53. The van der Waals surface area contributed by atoms with Crippen LogP contribution in [0.2, 0.25) is 0 Å². The Morgan fingerprint density at radius 2 is 2.33 bits per heavy atom. The van der Waals surface area contributed by atoms with Gasteiger partial charge in [0.15, 0.2) is 0 Å². The van der Waals surface area contributed by atoms with Crippen molar-refractivity contribution in [1.29, 1.82) is 0 Å². The first kappa shape index (κ1) is 6.83. The van der Waals surface area contributed by atoms with Gasteiger partial charge >= 0.3 is 0 Å². The molecule has 0 spiro atoms. The molecule has 9 heavy (non-hydrogen) atoms. The molecule has 0 aliphatic rings. The average Bonchev–Trinajstić information content (AvgIpc) is 2.14. The van der Waals surface area contributed by atoms with E-state index in [1.165, 1.54) is 0 Å². The molecule has 0 aliphatic heterocycles. The van der Waals surface area contributed by atoms with Gasteiger partial charge in [-0.1, -0.05) is 0 Å². The summed E-state index contributed by atoms with van der Waals surface area (Å²) in [4.78, 5) is 13.1. The lowest BCUT2D eigenvalue weighted by Gasteiger charge is -1.81. The van der Waals surface area contributed by atoms with E-state index in [0.717, 1.165) is 4.60 Å². The molecule has 1 aromatic rings. The molecule has 0 saturated carbocycles. The molecule has 1 rings (SSSR count). The van der Waals surface area contributed by atoms with Gasteiger partial charge < -0.3 is 4.98 Å². The number of H-pyrrole nitrogens is 1. The van der Waals surface area contributed by atoms with Crippen LogP contribution >= 0.6 is 27.5 Å². The Balaban J connectivity index is 2.98. The van der Waals surface area contributed by atoms with Crippen LogP contribution in [0.4, 0.5) is 0 Å². The first-order valence-corrected chi connectivity index (χ1v) is 3.41. The zero-order chi connectivity index (χ0) is 6.85. The second-order valence-electron chi connectivity index (χ2n) is 1.49. The molecule has 0 aromatic carbocycles. The van der Waals surface area contributed by atoms with Crippen molar-refractivity contribution in [1.82, 2.24) is 4.98 Å². The van der Waals surface area contributed by atoms with Crippen molar-refractivity contribution in [3.63, 3.8) is 0 Å². The summed E-state index contributed by atoms with van der Waals surface area (Å²) >= 11 is 8.26. The molecule has 0 aliphatic carbocycles. The van der Waals surface area contributed by atoms with Crippen LogP contribution in [0.15, 0.2) is 16.7 Å². The number of halogens is 2. The zero-order valence-electron chi connectivity index (χ0n) is 4.32. The number of aromatic nitrogens is 1. The monoisotopic (exact) mass is 207 g/mol. The number of rotatable bonds is 1. The fourth-order valence-corrected chi connectivity index (χ4v) is 0.939. The number of nitrogens with one attached hydrogen (secondary N) is 1. The van der Waals surface area contributed by atoms with E-state index >= 15 is 0 Å². The highest BCUT2D eigenvalue weighted by molar-refractivity contribution is 9.10. The summed E-state index contributed by atoms with van der Waals surface area (Å²) in [5, 5.41) is -0.472. The molecule has 4 heteroatoms. The number of aromatic amines is 1. The van der Waals surface area contributed by atoms with Gasteiger partial charge in [0, 0.05) is 0 Å². The molecule has 0 atom stereocenters. The van der Waals surface area contributed by atoms with Crippen LogP contribution in [0.3, 0.4) is 0 Å². The van der Waals surface area contributed by atoms with Gasteiger partial charge in [0.25, 0.3) is 5.24 Å². The Kier molecular flexibility index (Phi) is 1.93. The second kappa shape index (κ2) is 2.54. The van der Waals surface area contributed by atoms with Crippen LogP contribution in [-0.2, 0) is 0 Å². The Bertz CT molecular complexity index is 233. The highest BCUT2D eigenvalue weighted by atomic mass is 79.9. The number of hydrogen-bond donors (Lipinski definition) is 1. The number of hydrogen-bond acceptors (Lipinski definition) is 1. The van der Waals surface area contributed by atoms with Crippen LogP contribution in [0.25, 0.3) is 0 Å². The van der Waals surface area contributed by atoms with Gasteiger partial charge in [0.1, 0.15) is 0 Å². The maximum absolute atomic E-state index is 10.4. The molecular formula is C5H3BrClNO. The van der Waals surface area contributed by atoms with E-state index in [9.17, 15) is 4.79 Å². The van der Waals surface area contributed by atoms with Crippen molar-refractivity contribution in [3.8, 4) is 0 Å². The van der Waals surface area contributed by atoms with Gasteiger partial charge in [0.2, 0.25) is 0 Å². The van der Waals surface area contributed by atoms with Crippen molar-refractivity contribution in [2.24, 2.45) is 0 Å². The van der Waals surface area contributed by atoms with Crippen LogP contribution < -0.4 is 0 Å². The minimum absolute atomic E-state index is 0.406. The molecule has 0 fully saturated rings. The van der Waals surface area contributed by atoms with E-state index < -0.39 is 5.24 Å². The molecule has 2 nitrogen and oxygen atoms in total. The molecule has 1 N–H and O–H groups in total. The summed E-state index contributed by atoms with van der Waals surface area (Å²) in [5.74, 6) is 0. The maximum atomic E-state index is 10.4. The smallest absolute Gasteiger partial charge is 0.268 e. The van der Waals surface area contributed by atoms with Crippen molar-refractivity contribution in [3.05, 3.63) is 22.4 Å². The van der Waals surface area contributed by atoms with E-state index in [1.54, 1.807) is 12.1 Å². The number of carbonyl (C=O) groups is 1. The molecule has 0 bridgehead atoms. The van der Waals surface area contributed by atoms with Crippen molar-refractivity contribution < 1.29 is 4.79 Å². The Morgan fingerprint density at radius 1 is 1.67 bits per heavy atom. The minimum Gasteiger partial charge on any atom is -0.346 e. The Labute approximate surface area is 65.3 Å². The van der Waals surface area contributed by atoms with Gasteiger partial charge in [-0.15, -0.1) is 0 Å². The normalized spacial score (nSPS) is 9.56. The predicted octanol–water partition coefficient (Wildman–Crippen LogP) is 2.16. The first-order valence-electron chi connectivity index (χ1n) is 2.24. The standard InChI is InChI=1S/C5H3BrClNO/c6-4-2-1-3(8-4)5(7)9/h1-2,8H. The lowest BCUT2D eigenvalue weighted by Crippen LogP contribution is -1.86. The van der Waals surface area contributed by atoms with Crippen LogP contribution in [-0.4, -0.2) is 10.2 Å². The summed E-state index contributed by atoms with van der Waals surface area (Å²) in [5.41, 5.74) is 0.406. The van der Waals surface area contributed by atoms with E-state index in [1.807, 2.05) is 0 Å². The van der Waals surface area contributed by atoms with E-state index in [2.05, 4.69) is 20.9 Å². The van der Waals surface area contributed by atoms with Gasteiger partial charge in [0.05, 0.1) is 10.3 Å². The van der Waals surface area contributed by atoms with E-state index in [0.29, 0.717) is 5.69 Å². The molecule has 0 saturated heterocycles. The first-order chi connectivity index (χ1) is 4.20. The predicted molar refractivity (Wildman–Crippen MR) is 38.7 cm³/mol. The van der Waals surface area contributed by atoms with Crippen molar-refractivity contribution in [2.75, 3.05) is 0 Å². The summed E-state index contributed by atoms with van der Waals surface area (Å²) in [6.07, 6.45) is 0. The molecular weight excluding hydrogens is 205 g/mol. The lowest BCUT2D eigenvalue weighted by atomic mass is 10.5. The second-order valence-corrected chi connectivity index (χ2v) is 2.69. The Hall–Kier alpha value is -0.280. The van der Waals surface area contributed by atoms with Gasteiger partial charge in [-0.05, 0) is 39.7 Å². The topological polar surface area (TPSA) is 32.9 Å². The molecule has 1 heterocycles. The van der Waals surface area contributed by atoms with Crippen LogP contribution in [0.1, 0.15) is 10.5 Å². The van der Waals surface area contributed by atoms with Gasteiger partial charge in [-0.25, -0.2) is 0 Å². The summed E-state index contributed by atoms with van der Waals surface area (Å²) in [6.45, 7) is 0. The highest BCUT2D eigenvalue weighted by Gasteiger charge is 2.01. The quantitative estimate of drug-likeness (QED) is 0.705. The third-order valence-electron chi connectivity index (χ3n) is 0.862. The molecule has 0 unspecified atom stereocenters. The highest BCUT2D eigenvalue weighted by Crippen LogP contribution is 2.09. The minimum atomic E-state index is -0.472. The molecule has 0 radical (unpaired) electrons. The van der Waals surface area contributed by atoms with Crippen LogP contribution in [0, 0.1) is 0 Å². The van der Waals surface area contributed by atoms with Gasteiger partial charge in [-0.3, -0.25) is 4.79 Å².